The first-order valence-electron chi connectivity index (χ1n) is 12.5. The number of carbonyl (C=O) groups is 1. The summed E-state index contributed by atoms with van der Waals surface area (Å²) < 4.78 is 0. The Hall–Kier alpha value is -3.54. The summed E-state index contributed by atoms with van der Waals surface area (Å²) in [5, 5.41) is 24.7. The summed E-state index contributed by atoms with van der Waals surface area (Å²) in [6, 6.07) is 14.2. The van der Waals surface area contributed by atoms with E-state index in [0.717, 1.165) is 74.6 Å². The molecule has 1 atom stereocenters. The number of rotatable bonds is 7. The van der Waals surface area contributed by atoms with E-state index in [0.29, 0.717) is 11.2 Å². The molecule has 2 saturated heterocycles. The van der Waals surface area contributed by atoms with Crippen molar-refractivity contribution >= 4 is 45.1 Å². The van der Waals surface area contributed by atoms with Gasteiger partial charge in [0.2, 0.25) is 5.78 Å². The summed E-state index contributed by atoms with van der Waals surface area (Å²) >= 11 is 1.12. The number of likely N-dealkylation sites (tertiary alicyclic amines) is 1. The lowest BCUT2D eigenvalue weighted by Gasteiger charge is -2.42. The maximum absolute atomic E-state index is 12.9. The van der Waals surface area contributed by atoms with Gasteiger partial charge in [-0.1, -0.05) is 23.5 Å². The summed E-state index contributed by atoms with van der Waals surface area (Å²) in [5.74, 6) is -0.311. The number of β-amino-alcohol motifs (C(OH)–C–C–N with tert-alkyl or cyclic N) is 1. The number of nitro benzene ring substituents is 1. The molecule has 37 heavy (non-hydrogen) atoms. The molecule has 4 N–H and O–H groups in total. The van der Waals surface area contributed by atoms with Crippen LogP contribution in [0.15, 0.2) is 48.5 Å². The van der Waals surface area contributed by atoms with Crippen LogP contribution in [-0.2, 0) is 0 Å². The molecule has 0 saturated carbocycles. The van der Waals surface area contributed by atoms with Crippen molar-refractivity contribution < 1.29 is 14.8 Å². The van der Waals surface area contributed by atoms with E-state index < -0.39 is 10.7 Å². The molecule has 5 rings (SSSR count). The third kappa shape index (κ3) is 5.74. The zero-order chi connectivity index (χ0) is 25.9. The van der Waals surface area contributed by atoms with E-state index in [1.165, 1.54) is 24.3 Å². The SMILES string of the molecule is Nc1nc(Nc2ccc(N3CCC(N4CCCC(O)C4)CC3)cc2)sc1C(=O)c1cccc([N+](=O)[O-])c1. The van der Waals surface area contributed by atoms with Gasteiger partial charge in [0, 0.05) is 54.7 Å². The Morgan fingerprint density at radius 2 is 1.89 bits per heavy atom. The molecule has 2 aliphatic rings. The molecule has 10 nitrogen and oxygen atoms in total. The average Bonchev–Trinajstić information content (AvgIpc) is 3.28. The van der Waals surface area contributed by atoms with Crippen LogP contribution in [0.4, 0.5) is 28.0 Å². The number of nitrogen functional groups attached to an aromatic ring is 1. The fourth-order valence-electron chi connectivity index (χ4n) is 5.12. The predicted molar refractivity (Wildman–Crippen MR) is 145 cm³/mol. The highest BCUT2D eigenvalue weighted by molar-refractivity contribution is 7.18. The average molecular weight is 523 g/mol. The van der Waals surface area contributed by atoms with Crippen LogP contribution in [0.2, 0.25) is 0 Å². The van der Waals surface area contributed by atoms with Gasteiger partial charge < -0.3 is 21.1 Å². The van der Waals surface area contributed by atoms with Crippen molar-refractivity contribution in [2.24, 2.45) is 0 Å². The number of hydrogen-bond donors (Lipinski definition) is 3. The van der Waals surface area contributed by atoms with Crippen LogP contribution >= 0.6 is 11.3 Å². The van der Waals surface area contributed by atoms with E-state index in [1.807, 2.05) is 12.1 Å². The van der Waals surface area contributed by atoms with Crippen LogP contribution in [0.3, 0.4) is 0 Å². The first-order valence-corrected chi connectivity index (χ1v) is 13.3. The van der Waals surface area contributed by atoms with Gasteiger partial charge in [0.05, 0.1) is 11.0 Å². The number of aliphatic hydroxyl groups is 1. The Kier molecular flexibility index (Phi) is 7.36. The topological polar surface area (TPSA) is 138 Å². The minimum Gasteiger partial charge on any atom is -0.392 e. The van der Waals surface area contributed by atoms with E-state index in [9.17, 15) is 20.0 Å². The highest BCUT2D eigenvalue weighted by atomic mass is 32.1. The molecule has 2 fully saturated rings. The van der Waals surface area contributed by atoms with Gasteiger partial charge in [0.25, 0.3) is 5.69 Å². The Morgan fingerprint density at radius 3 is 2.59 bits per heavy atom. The maximum atomic E-state index is 12.9. The van der Waals surface area contributed by atoms with Gasteiger partial charge >= 0.3 is 0 Å². The van der Waals surface area contributed by atoms with Crippen LogP contribution in [0.25, 0.3) is 0 Å². The number of benzene rings is 2. The first-order chi connectivity index (χ1) is 17.9. The van der Waals surface area contributed by atoms with Crippen LogP contribution in [0, 0.1) is 10.1 Å². The summed E-state index contributed by atoms with van der Waals surface area (Å²) in [6.07, 6.45) is 3.98. The summed E-state index contributed by atoms with van der Waals surface area (Å²) in [6.45, 7) is 3.85. The molecule has 0 bridgehead atoms. The van der Waals surface area contributed by atoms with Gasteiger partial charge in [0.15, 0.2) is 5.13 Å². The molecule has 1 unspecified atom stereocenters. The van der Waals surface area contributed by atoms with Gasteiger partial charge in [-0.05, 0) is 56.5 Å². The molecule has 194 valence electrons. The van der Waals surface area contributed by atoms with Crippen LogP contribution in [0.1, 0.15) is 40.9 Å². The number of non-ortho nitro benzene ring substituents is 1. The molecule has 2 aromatic carbocycles. The van der Waals surface area contributed by atoms with Crippen molar-refractivity contribution in [1.82, 2.24) is 9.88 Å². The van der Waals surface area contributed by atoms with E-state index in [4.69, 9.17) is 5.73 Å². The minimum atomic E-state index is -0.536. The number of nitrogens with one attached hydrogen (secondary N) is 1. The number of nitrogens with zero attached hydrogens (tertiary/aromatic N) is 4. The van der Waals surface area contributed by atoms with Gasteiger partial charge in [-0.3, -0.25) is 19.8 Å². The molecule has 0 aliphatic carbocycles. The summed E-state index contributed by atoms with van der Waals surface area (Å²) in [7, 11) is 0. The highest BCUT2D eigenvalue weighted by Crippen LogP contribution is 2.31. The van der Waals surface area contributed by atoms with E-state index in [2.05, 4.69) is 32.2 Å². The molecule has 11 heteroatoms. The number of thiazole rings is 1. The molecule has 2 aliphatic heterocycles. The van der Waals surface area contributed by atoms with Crippen molar-refractivity contribution in [2.75, 3.05) is 42.1 Å². The molecule has 0 spiro atoms. The smallest absolute Gasteiger partial charge is 0.270 e. The van der Waals surface area contributed by atoms with Gasteiger partial charge in [-0.25, -0.2) is 4.98 Å². The maximum Gasteiger partial charge on any atom is 0.270 e. The fraction of sp³-hybridized carbons (Fsp3) is 0.385. The zero-order valence-corrected chi connectivity index (χ0v) is 21.2. The first kappa shape index (κ1) is 25.1. The third-order valence-electron chi connectivity index (χ3n) is 7.07. The van der Waals surface area contributed by atoms with Gasteiger partial charge in [-0.2, -0.15) is 0 Å². The number of nitrogens with two attached hydrogens (primary N) is 1. The number of ketones is 1. The second-order valence-corrected chi connectivity index (χ2v) is 10.6. The molecule has 0 amide bonds. The Balaban J connectivity index is 1.20. The number of piperidine rings is 2. The van der Waals surface area contributed by atoms with Crippen molar-refractivity contribution in [3.8, 4) is 0 Å². The molecule has 0 radical (unpaired) electrons. The molecule has 3 heterocycles. The zero-order valence-electron chi connectivity index (χ0n) is 20.4. The standard InChI is InChI=1S/C26H30N6O4S/c27-25-24(23(34)17-3-1-4-21(15-17)32(35)36)37-26(29-25)28-18-6-8-19(9-7-18)30-13-10-20(11-14-30)31-12-2-5-22(33)16-31/h1,3-4,6-9,15,20,22,33H,2,5,10-14,16,27H2,(H,28,29). The fourth-order valence-corrected chi connectivity index (χ4v) is 5.99. The van der Waals surface area contributed by atoms with Crippen LogP contribution in [0.5, 0.6) is 0 Å². The van der Waals surface area contributed by atoms with Crippen molar-refractivity contribution in [3.05, 3.63) is 69.1 Å². The predicted octanol–water partition coefficient (Wildman–Crippen LogP) is 4.03. The number of aromatic nitrogens is 1. The number of aliphatic hydroxyl groups excluding tert-OH is 1. The van der Waals surface area contributed by atoms with Crippen molar-refractivity contribution in [1.29, 1.82) is 0 Å². The second kappa shape index (κ2) is 10.8. The number of carbonyl (C=O) groups excluding carboxylic acids is 1. The van der Waals surface area contributed by atoms with Gasteiger partial charge in [-0.15, -0.1) is 0 Å². The second-order valence-electron chi connectivity index (χ2n) is 9.55. The van der Waals surface area contributed by atoms with E-state index in [1.54, 1.807) is 0 Å². The molecular formula is C26H30N6O4S. The van der Waals surface area contributed by atoms with Gasteiger partial charge in [0.1, 0.15) is 10.7 Å². The van der Waals surface area contributed by atoms with E-state index in [-0.39, 0.29) is 28.0 Å². The Bertz CT molecular complexity index is 1270. The summed E-state index contributed by atoms with van der Waals surface area (Å²) in [4.78, 5) is 32.7. The lowest BCUT2D eigenvalue weighted by atomic mass is 9.98. The molecular weight excluding hydrogens is 492 g/mol. The normalized spacial score (nSPS) is 19.1. The monoisotopic (exact) mass is 522 g/mol. The van der Waals surface area contributed by atoms with Crippen molar-refractivity contribution in [3.63, 3.8) is 0 Å². The quantitative estimate of drug-likeness (QED) is 0.238. The third-order valence-corrected chi connectivity index (χ3v) is 8.06. The molecule has 1 aromatic heterocycles. The Labute approximate surface area is 218 Å². The minimum absolute atomic E-state index is 0.0877. The van der Waals surface area contributed by atoms with Crippen molar-refractivity contribution in [2.45, 2.75) is 37.8 Å². The van der Waals surface area contributed by atoms with Crippen LogP contribution < -0.4 is 16.0 Å². The lowest BCUT2D eigenvalue weighted by molar-refractivity contribution is -0.384. The number of hydrogen-bond acceptors (Lipinski definition) is 10. The molecule has 3 aromatic rings. The lowest BCUT2D eigenvalue weighted by Crippen LogP contribution is -2.49. The number of nitro groups is 1. The van der Waals surface area contributed by atoms with E-state index >= 15 is 0 Å². The summed E-state index contributed by atoms with van der Waals surface area (Å²) in [5.41, 5.74) is 8.03. The highest BCUT2D eigenvalue weighted by Gasteiger charge is 2.28. The largest absolute Gasteiger partial charge is 0.392 e. The van der Waals surface area contributed by atoms with Crippen LogP contribution in [-0.4, -0.2) is 64.0 Å². The number of anilines is 4. The Morgan fingerprint density at radius 1 is 1.14 bits per heavy atom.